The topological polar surface area (TPSA) is 55.1 Å². The van der Waals surface area contributed by atoms with Gasteiger partial charge < -0.3 is 11.1 Å². The molecular formula is C14H19F3N2O. The van der Waals surface area contributed by atoms with Crippen molar-refractivity contribution in [2.75, 3.05) is 13.1 Å². The first-order valence-corrected chi connectivity index (χ1v) is 6.31. The van der Waals surface area contributed by atoms with Gasteiger partial charge in [-0.2, -0.15) is 13.2 Å². The monoisotopic (exact) mass is 288 g/mol. The van der Waals surface area contributed by atoms with Gasteiger partial charge in [-0.05, 0) is 11.6 Å². The zero-order valence-corrected chi connectivity index (χ0v) is 11.6. The summed E-state index contributed by atoms with van der Waals surface area (Å²) in [5, 5.41) is 2.68. The highest BCUT2D eigenvalue weighted by Crippen LogP contribution is 2.32. The normalized spacial score (nSPS) is 12.3. The van der Waals surface area contributed by atoms with Gasteiger partial charge in [-0.1, -0.05) is 32.0 Å². The third-order valence-electron chi connectivity index (χ3n) is 3.07. The van der Waals surface area contributed by atoms with Gasteiger partial charge >= 0.3 is 6.18 Å². The number of rotatable bonds is 5. The van der Waals surface area contributed by atoms with Gasteiger partial charge in [0.2, 0.25) is 5.91 Å². The molecule has 0 radical (unpaired) electrons. The molecule has 0 bridgehead atoms. The van der Waals surface area contributed by atoms with Crippen LogP contribution in [0.1, 0.15) is 31.4 Å². The fourth-order valence-electron chi connectivity index (χ4n) is 1.76. The second-order valence-electron chi connectivity index (χ2n) is 5.28. The second-order valence-corrected chi connectivity index (χ2v) is 5.28. The van der Waals surface area contributed by atoms with Gasteiger partial charge in [-0.3, -0.25) is 4.79 Å². The average molecular weight is 288 g/mol. The van der Waals surface area contributed by atoms with Crippen molar-refractivity contribution in [2.45, 2.75) is 31.9 Å². The lowest BCUT2D eigenvalue weighted by Crippen LogP contribution is -2.37. The van der Waals surface area contributed by atoms with Gasteiger partial charge in [0.1, 0.15) is 0 Å². The molecule has 1 amide bonds. The van der Waals surface area contributed by atoms with Crippen LogP contribution in [0, 0.1) is 0 Å². The number of alkyl halides is 3. The maximum absolute atomic E-state index is 12.7. The average Bonchev–Trinajstić information content (AvgIpc) is 2.36. The van der Waals surface area contributed by atoms with E-state index in [9.17, 15) is 18.0 Å². The smallest absolute Gasteiger partial charge is 0.355 e. The van der Waals surface area contributed by atoms with Gasteiger partial charge in [0.15, 0.2) is 0 Å². The fourth-order valence-corrected chi connectivity index (χ4v) is 1.76. The molecule has 0 aromatic heterocycles. The summed E-state index contributed by atoms with van der Waals surface area (Å²) < 4.78 is 38.1. The number of nitrogens with one attached hydrogen (secondary N) is 1. The zero-order valence-electron chi connectivity index (χ0n) is 11.6. The summed E-state index contributed by atoms with van der Waals surface area (Å²) in [5.41, 5.74) is 4.51. The van der Waals surface area contributed by atoms with Crippen molar-refractivity contribution < 1.29 is 18.0 Å². The Morgan fingerprint density at radius 3 is 2.40 bits per heavy atom. The highest BCUT2D eigenvalue weighted by Gasteiger charge is 2.32. The van der Waals surface area contributed by atoms with Crippen LogP contribution in [0.2, 0.25) is 0 Å². The van der Waals surface area contributed by atoms with Gasteiger partial charge in [-0.25, -0.2) is 0 Å². The Balaban J connectivity index is 2.84. The number of hydrogen-bond donors (Lipinski definition) is 2. The van der Waals surface area contributed by atoms with E-state index in [1.807, 2.05) is 0 Å². The molecule has 0 aliphatic heterocycles. The Labute approximate surface area is 116 Å². The minimum atomic E-state index is -4.37. The lowest BCUT2D eigenvalue weighted by Gasteiger charge is -2.26. The van der Waals surface area contributed by atoms with Gasteiger partial charge in [-0.15, -0.1) is 0 Å². The van der Waals surface area contributed by atoms with Crippen LogP contribution in [-0.4, -0.2) is 19.0 Å². The number of halogens is 3. The van der Waals surface area contributed by atoms with E-state index in [0.29, 0.717) is 5.56 Å². The molecule has 0 aliphatic rings. The second kappa shape index (κ2) is 6.26. The zero-order chi connectivity index (χ0) is 15.4. The Morgan fingerprint density at radius 1 is 1.25 bits per heavy atom. The Kier molecular flexibility index (Phi) is 5.16. The highest BCUT2D eigenvalue weighted by molar-refractivity contribution is 5.76. The van der Waals surface area contributed by atoms with Crippen LogP contribution in [0.25, 0.3) is 0 Å². The van der Waals surface area contributed by atoms with Crippen molar-refractivity contribution in [1.82, 2.24) is 5.32 Å². The fraction of sp³-hybridized carbons (Fsp3) is 0.500. The Hall–Kier alpha value is -1.56. The van der Waals surface area contributed by atoms with E-state index in [-0.39, 0.29) is 25.4 Å². The maximum Gasteiger partial charge on any atom is 0.416 e. The molecule has 0 unspecified atom stereocenters. The molecule has 3 N–H and O–H groups in total. The first kappa shape index (κ1) is 16.5. The highest BCUT2D eigenvalue weighted by atomic mass is 19.4. The van der Waals surface area contributed by atoms with Crippen molar-refractivity contribution in [3.05, 3.63) is 35.4 Å². The van der Waals surface area contributed by atoms with Crippen LogP contribution in [0.5, 0.6) is 0 Å². The van der Waals surface area contributed by atoms with Crippen molar-refractivity contribution in [1.29, 1.82) is 0 Å². The minimum absolute atomic E-state index is 0.201. The molecule has 0 aliphatic carbocycles. The van der Waals surface area contributed by atoms with Crippen LogP contribution in [0.15, 0.2) is 24.3 Å². The predicted octanol–water partition coefficient (Wildman–Crippen LogP) is 2.45. The van der Waals surface area contributed by atoms with Gasteiger partial charge in [0.25, 0.3) is 0 Å². The number of nitrogens with two attached hydrogens (primary N) is 1. The molecule has 0 saturated carbocycles. The predicted molar refractivity (Wildman–Crippen MR) is 71.2 cm³/mol. The van der Waals surface area contributed by atoms with Crippen molar-refractivity contribution in [3.63, 3.8) is 0 Å². The molecule has 0 heterocycles. The van der Waals surface area contributed by atoms with Crippen molar-refractivity contribution in [3.8, 4) is 0 Å². The van der Waals surface area contributed by atoms with Crippen LogP contribution in [0.3, 0.4) is 0 Å². The summed E-state index contributed by atoms with van der Waals surface area (Å²) >= 11 is 0. The molecule has 1 aromatic carbocycles. The van der Waals surface area contributed by atoms with Crippen LogP contribution in [0.4, 0.5) is 13.2 Å². The van der Waals surface area contributed by atoms with Crippen molar-refractivity contribution >= 4 is 5.91 Å². The molecule has 0 saturated heterocycles. The van der Waals surface area contributed by atoms with E-state index in [1.54, 1.807) is 19.9 Å². The largest absolute Gasteiger partial charge is 0.416 e. The molecule has 3 nitrogen and oxygen atoms in total. The molecule has 0 spiro atoms. The summed E-state index contributed by atoms with van der Waals surface area (Å²) in [6.45, 7) is 4.07. The molecule has 112 valence electrons. The first-order valence-electron chi connectivity index (χ1n) is 6.31. The summed E-state index contributed by atoms with van der Waals surface area (Å²) in [4.78, 5) is 11.4. The molecule has 1 rings (SSSR count). The van der Waals surface area contributed by atoms with Gasteiger partial charge in [0.05, 0.1) is 5.56 Å². The SMILES string of the molecule is CC(C)(CNC(=O)CCN)c1cccc(C(F)(F)F)c1. The summed E-state index contributed by atoms with van der Waals surface area (Å²) in [7, 11) is 0. The lowest BCUT2D eigenvalue weighted by atomic mass is 9.83. The molecule has 6 heteroatoms. The molecule has 20 heavy (non-hydrogen) atoms. The first-order chi connectivity index (χ1) is 9.16. The third kappa shape index (κ3) is 4.52. The van der Waals surface area contributed by atoms with Crippen LogP contribution in [-0.2, 0) is 16.4 Å². The molecular weight excluding hydrogens is 269 g/mol. The number of amides is 1. The number of hydrogen-bond acceptors (Lipinski definition) is 2. The Morgan fingerprint density at radius 2 is 1.85 bits per heavy atom. The van der Waals surface area contributed by atoms with Crippen LogP contribution < -0.4 is 11.1 Å². The van der Waals surface area contributed by atoms with Crippen molar-refractivity contribution in [2.24, 2.45) is 5.73 Å². The van der Waals surface area contributed by atoms with E-state index in [4.69, 9.17) is 5.73 Å². The number of benzene rings is 1. The van der Waals surface area contributed by atoms with E-state index in [0.717, 1.165) is 12.1 Å². The van der Waals surface area contributed by atoms with E-state index < -0.39 is 17.2 Å². The summed E-state index contributed by atoms with van der Waals surface area (Å²) in [6.07, 6.45) is -4.16. The van der Waals surface area contributed by atoms with Gasteiger partial charge in [0, 0.05) is 24.9 Å². The van der Waals surface area contributed by atoms with E-state index in [2.05, 4.69) is 5.32 Å². The number of carbonyl (C=O) groups is 1. The minimum Gasteiger partial charge on any atom is -0.355 e. The lowest BCUT2D eigenvalue weighted by molar-refractivity contribution is -0.137. The molecule has 0 fully saturated rings. The van der Waals surface area contributed by atoms with Crippen LogP contribution >= 0.6 is 0 Å². The molecule has 1 aromatic rings. The summed E-state index contributed by atoms with van der Waals surface area (Å²) in [5.74, 6) is -0.201. The maximum atomic E-state index is 12.7. The molecule has 0 atom stereocenters. The quantitative estimate of drug-likeness (QED) is 0.874. The Bertz CT molecular complexity index is 470. The number of carbonyl (C=O) groups excluding carboxylic acids is 1. The van der Waals surface area contributed by atoms with E-state index >= 15 is 0 Å². The standard InChI is InChI=1S/C14H19F3N2O/c1-13(2,9-19-12(20)6-7-18)10-4-3-5-11(8-10)14(15,16)17/h3-5,8H,6-7,9,18H2,1-2H3,(H,19,20). The van der Waals surface area contributed by atoms with E-state index in [1.165, 1.54) is 6.07 Å². The summed E-state index contributed by atoms with van der Waals surface area (Å²) in [6, 6.07) is 5.16. The third-order valence-corrected chi connectivity index (χ3v) is 3.07.